The third-order valence-corrected chi connectivity index (χ3v) is 4.56. The minimum absolute atomic E-state index is 0.0417. The smallest absolute Gasteiger partial charge is 0.258 e. The first-order valence-electron chi connectivity index (χ1n) is 7.55. The molecule has 0 aliphatic rings. The summed E-state index contributed by atoms with van der Waals surface area (Å²) in [5.74, 6) is -0.0790. The molecule has 0 saturated carbocycles. The fraction of sp³-hybridized carbons (Fsp3) is 0.0500. The molecule has 3 rings (SSSR count). The summed E-state index contributed by atoms with van der Waals surface area (Å²) in [6.45, 7) is 0. The van der Waals surface area contributed by atoms with Gasteiger partial charge in [-0.05, 0) is 42.0 Å². The molecule has 4 heteroatoms. The van der Waals surface area contributed by atoms with Gasteiger partial charge < -0.3 is 5.32 Å². The Hall–Kier alpha value is -2.59. The zero-order valence-electron chi connectivity index (χ0n) is 12.9. The van der Waals surface area contributed by atoms with Crippen LogP contribution in [0.2, 0.25) is 0 Å². The van der Waals surface area contributed by atoms with Gasteiger partial charge in [0.1, 0.15) is 5.82 Å². The lowest BCUT2D eigenvalue weighted by atomic mass is 10.2. The average Bonchev–Trinajstić information content (AvgIpc) is 2.62. The van der Waals surface area contributed by atoms with Crippen molar-refractivity contribution in [3.63, 3.8) is 0 Å². The van der Waals surface area contributed by atoms with E-state index in [0.717, 1.165) is 10.6 Å². The highest BCUT2D eigenvalue weighted by Gasteiger charge is 2.10. The highest BCUT2D eigenvalue weighted by molar-refractivity contribution is 7.98. The number of anilines is 1. The van der Waals surface area contributed by atoms with Crippen molar-refractivity contribution in [2.45, 2.75) is 10.6 Å². The van der Waals surface area contributed by atoms with Gasteiger partial charge in [-0.15, -0.1) is 11.8 Å². The Balaban J connectivity index is 1.60. The number of nitrogens with one attached hydrogen (secondary N) is 1. The molecule has 0 atom stereocenters. The first-order valence-corrected chi connectivity index (χ1v) is 8.53. The van der Waals surface area contributed by atoms with Crippen molar-refractivity contribution in [3.8, 4) is 0 Å². The van der Waals surface area contributed by atoms with Crippen molar-refractivity contribution < 1.29 is 9.18 Å². The molecule has 0 aromatic heterocycles. The Morgan fingerprint density at radius 1 is 0.875 bits per heavy atom. The highest BCUT2D eigenvalue weighted by atomic mass is 32.2. The minimum atomic E-state index is -0.523. The quantitative estimate of drug-likeness (QED) is 0.634. The lowest BCUT2D eigenvalue weighted by Crippen LogP contribution is -2.13. The van der Waals surface area contributed by atoms with Crippen LogP contribution in [0.5, 0.6) is 0 Å². The van der Waals surface area contributed by atoms with Crippen LogP contribution in [0.3, 0.4) is 0 Å². The Morgan fingerprint density at radius 2 is 1.54 bits per heavy atom. The van der Waals surface area contributed by atoms with Gasteiger partial charge in [-0.3, -0.25) is 4.79 Å². The number of hydrogen-bond donors (Lipinski definition) is 1. The van der Waals surface area contributed by atoms with Crippen LogP contribution in [0.4, 0.5) is 10.1 Å². The van der Waals surface area contributed by atoms with Crippen molar-refractivity contribution in [2.24, 2.45) is 0 Å². The molecular formula is C20H16FNOS. The molecule has 0 saturated heterocycles. The maximum Gasteiger partial charge on any atom is 0.258 e. The molecule has 1 N–H and O–H groups in total. The maximum atomic E-state index is 13.6. The molecule has 0 aliphatic carbocycles. The molecule has 0 heterocycles. The first kappa shape index (κ1) is 16.3. The molecular weight excluding hydrogens is 321 g/mol. The Bertz CT molecular complexity index is 819. The minimum Gasteiger partial charge on any atom is -0.322 e. The van der Waals surface area contributed by atoms with Crippen molar-refractivity contribution >= 4 is 23.4 Å². The van der Waals surface area contributed by atoms with Crippen LogP contribution >= 0.6 is 11.8 Å². The summed E-state index contributed by atoms with van der Waals surface area (Å²) in [4.78, 5) is 13.2. The number of benzene rings is 3. The lowest BCUT2D eigenvalue weighted by molar-refractivity contribution is 0.102. The Morgan fingerprint density at radius 3 is 2.25 bits per heavy atom. The van der Waals surface area contributed by atoms with E-state index in [1.807, 2.05) is 42.5 Å². The third kappa shape index (κ3) is 4.24. The molecule has 0 spiro atoms. The molecule has 0 fully saturated rings. The second-order valence-corrected chi connectivity index (χ2v) is 6.28. The number of hydrogen-bond acceptors (Lipinski definition) is 2. The summed E-state index contributed by atoms with van der Waals surface area (Å²) in [6.07, 6.45) is 0. The van der Waals surface area contributed by atoms with Crippen LogP contribution in [0.15, 0.2) is 83.8 Å². The maximum absolute atomic E-state index is 13.6. The van der Waals surface area contributed by atoms with Crippen molar-refractivity contribution in [3.05, 3.63) is 95.8 Å². The van der Waals surface area contributed by atoms with E-state index in [1.165, 1.54) is 17.7 Å². The van der Waals surface area contributed by atoms with Crippen LogP contribution in [0.1, 0.15) is 15.9 Å². The topological polar surface area (TPSA) is 29.1 Å². The summed E-state index contributed by atoms with van der Waals surface area (Å²) >= 11 is 1.73. The van der Waals surface area contributed by atoms with Gasteiger partial charge in [-0.2, -0.15) is 0 Å². The van der Waals surface area contributed by atoms with Crippen molar-refractivity contribution in [1.82, 2.24) is 0 Å². The van der Waals surface area contributed by atoms with E-state index in [9.17, 15) is 9.18 Å². The van der Waals surface area contributed by atoms with Gasteiger partial charge in [-0.25, -0.2) is 4.39 Å². The van der Waals surface area contributed by atoms with Gasteiger partial charge >= 0.3 is 0 Å². The lowest BCUT2D eigenvalue weighted by Gasteiger charge is -2.07. The second-order valence-electron chi connectivity index (χ2n) is 5.23. The SMILES string of the molecule is O=C(Nc1ccc(SCc2ccccc2)cc1)c1ccccc1F. The molecule has 0 aliphatic heterocycles. The largest absolute Gasteiger partial charge is 0.322 e. The van der Waals surface area contributed by atoms with Gasteiger partial charge in [0.15, 0.2) is 0 Å². The molecule has 24 heavy (non-hydrogen) atoms. The van der Waals surface area contributed by atoms with Gasteiger partial charge in [0.2, 0.25) is 0 Å². The number of halogens is 1. The normalized spacial score (nSPS) is 10.4. The molecule has 0 radical (unpaired) electrons. The monoisotopic (exact) mass is 337 g/mol. The first-order chi connectivity index (χ1) is 11.7. The van der Waals surface area contributed by atoms with Crippen LogP contribution in [-0.2, 0) is 5.75 Å². The molecule has 120 valence electrons. The van der Waals surface area contributed by atoms with E-state index in [4.69, 9.17) is 0 Å². The standard InChI is InChI=1S/C20H16FNOS/c21-19-9-5-4-8-18(19)20(23)22-16-10-12-17(13-11-16)24-14-15-6-2-1-3-7-15/h1-13H,14H2,(H,22,23). The van der Waals surface area contributed by atoms with Crippen molar-refractivity contribution in [1.29, 1.82) is 0 Å². The van der Waals surface area contributed by atoms with E-state index >= 15 is 0 Å². The third-order valence-electron chi connectivity index (χ3n) is 3.48. The predicted octanol–water partition coefficient (Wildman–Crippen LogP) is 5.37. The summed E-state index contributed by atoms with van der Waals surface area (Å²) in [6, 6.07) is 23.7. The molecule has 2 nitrogen and oxygen atoms in total. The van der Waals surface area contributed by atoms with Gasteiger partial charge in [-0.1, -0.05) is 42.5 Å². The zero-order chi connectivity index (χ0) is 16.8. The Kier molecular flexibility index (Phi) is 5.29. The molecule has 0 bridgehead atoms. The summed E-state index contributed by atoms with van der Waals surface area (Å²) in [5.41, 5.74) is 1.95. The van der Waals surface area contributed by atoms with E-state index in [1.54, 1.807) is 23.9 Å². The van der Waals surface area contributed by atoms with Crippen LogP contribution in [0, 0.1) is 5.82 Å². The fourth-order valence-electron chi connectivity index (χ4n) is 2.22. The Labute approximate surface area is 144 Å². The predicted molar refractivity (Wildman–Crippen MR) is 96.8 cm³/mol. The van der Waals surface area contributed by atoms with Gasteiger partial charge in [0.05, 0.1) is 5.56 Å². The summed E-state index contributed by atoms with van der Waals surface area (Å²) < 4.78 is 13.6. The second kappa shape index (κ2) is 7.79. The van der Waals surface area contributed by atoms with Gasteiger partial charge in [0.25, 0.3) is 5.91 Å². The van der Waals surface area contributed by atoms with Crippen LogP contribution in [0.25, 0.3) is 0 Å². The summed E-state index contributed by atoms with van der Waals surface area (Å²) in [7, 11) is 0. The van der Waals surface area contributed by atoms with E-state index in [0.29, 0.717) is 5.69 Å². The van der Waals surface area contributed by atoms with Gasteiger partial charge in [0, 0.05) is 16.3 Å². The number of carbonyl (C=O) groups is 1. The number of thioether (sulfide) groups is 1. The van der Waals surface area contributed by atoms with Crippen molar-refractivity contribution in [2.75, 3.05) is 5.32 Å². The molecule has 0 unspecified atom stereocenters. The fourth-order valence-corrected chi connectivity index (χ4v) is 3.07. The van der Waals surface area contributed by atoms with Crippen LogP contribution < -0.4 is 5.32 Å². The highest BCUT2D eigenvalue weighted by Crippen LogP contribution is 2.24. The van der Waals surface area contributed by atoms with E-state index < -0.39 is 11.7 Å². The van der Waals surface area contributed by atoms with E-state index in [2.05, 4.69) is 17.4 Å². The van der Waals surface area contributed by atoms with Crippen LogP contribution in [-0.4, -0.2) is 5.91 Å². The molecule has 3 aromatic carbocycles. The molecule has 1 amide bonds. The number of carbonyl (C=O) groups excluding carboxylic acids is 1. The number of rotatable bonds is 5. The zero-order valence-corrected chi connectivity index (χ0v) is 13.7. The molecule has 3 aromatic rings. The van der Waals surface area contributed by atoms with E-state index in [-0.39, 0.29) is 5.56 Å². The number of amides is 1. The average molecular weight is 337 g/mol. The summed E-state index contributed by atoms with van der Waals surface area (Å²) in [5, 5.41) is 2.71.